The monoisotopic (exact) mass is 191 g/mol. The molecule has 1 rings (SSSR count). The first-order chi connectivity index (χ1) is 6.59. The molecule has 5 nitrogen and oxygen atoms in total. The first-order valence-electron chi connectivity index (χ1n) is 3.81. The van der Waals surface area contributed by atoms with Crippen LogP contribution in [0, 0.1) is 11.8 Å². The molecule has 0 fully saturated rings. The molecule has 1 aromatic heterocycles. The number of hydrogen-bond acceptors (Lipinski definition) is 4. The minimum absolute atomic E-state index is 0.0227. The molecule has 14 heavy (non-hydrogen) atoms. The number of hydrogen-bond donors (Lipinski definition) is 3. The molecule has 0 aliphatic rings. The van der Waals surface area contributed by atoms with Gasteiger partial charge in [-0.05, 0) is 0 Å². The molecule has 1 heterocycles. The molecule has 0 atom stereocenters. The van der Waals surface area contributed by atoms with Gasteiger partial charge in [0.25, 0.3) is 0 Å². The number of nitrogens with two attached hydrogens (primary N) is 2. The number of carbonyl (C=O) groups is 1. The van der Waals surface area contributed by atoms with Crippen molar-refractivity contribution in [1.82, 2.24) is 4.98 Å². The van der Waals surface area contributed by atoms with Crippen molar-refractivity contribution in [2.45, 2.75) is 6.42 Å². The zero-order valence-corrected chi connectivity index (χ0v) is 7.32. The highest BCUT2D eigenvalue weighted by Gasteiger charge is 1.97. The summed E-state index contributed by atoms with van der Waals surface area (Å²) in [4.78, 5) is 14.0. The molecule has 0 aliphatic carbocycles. The molecule has 0 aromatic carbocycles. The van der Waals surface area contributed by atoms with Gasteiger partial charge >= 0.3 is 0 Å². The number of amides is 1. The van der Waals surface area contributed by atoms with Crippen LogP contribution in [0.1, 0.15) is 12.0 Å². The van der Waals surface area contributed by atoms with Crippen LogP contribution in [0.3, 0.4) is 0 Å². The van der Waals surface area contributed by atoms with E-state index in [1.807, 2.05) is 0 Å². The van der Waals surface area contributed by atoms with Gasteiger partial charge in [-0.1, -0.05) is 11.8 Å². The number of carbonyl (C=O) groups excluding carboxylic acids is 1. The quantitative estimate of drug-likeness (QED) is 0.525. The lowest BCUT2D eigenvalue weighted by Crippen LogP contribution is -2.08. The SMILES string of the molecule is NC(=O)CC#Cc1cnc(N)c(O)c1. The van der Waals surface area contributed by atoms with Crippen molar-refractivity contribution in [3.8, 4) is 17.6 Å². The molecular formula is C9H9N3O2. The van der Waals surface area contributed by atoms with Gasteiger partial charge in [0.15, 0.2) is 11.6 Å². The second-order valence-corrected chi connectivity index (χ2v) is 2.57. The molecule has 0 saturated heterocycles. The number of aromatic hydroxyl groups is 1. The molecular weight excluding hydrogens is 182 g/mol. The smallest absolute Gasteiger partial charge is 0.229 e. The summed E-state index contributed by atoms with van der Waals surface area (Å²) in [6.07, 6.45) is 1.38. The topological polar surface area (TPSA) is 102 Å². The van der Waals surface area contributed by atoms with Gasteiger partial charge in [-0.25, -0.2) is 4.98 Å². The number of nitrogens with zero attached hydrogens (tertiary/aromatic N) is 1. The fourth-order valence-electron chi connectivity index (χ4n) is 0.765. The minimum Gasteiger partial charge on any atom is -0.504 e. The molecule has 0 spiro atoms. The number of aromatic nitrogens is 1. The highest BCUT2D eigenvalue weighted by atomic mass is 16.3. The van der Waals surface area contributed by atoms with Gasteiger partial charge in [0, 0.05) is 17.8 Å². The normalized spacial score (nSPS) is 8.86. The first kappa shape index (κ1) is 9.86. The molecule has 0 bridgehead atoms. The van der Waals surface area contributed by atoms with Crippen LogP contribution < -0.4 is 11.5 Å². The van der Waals surface area contributed by atoms with Crippen molar-refractivity contribution in [2.75, 3.05) is 5.73 Å². The second kappa shape index (κ2) is 4.14. The van der Waals surface area contributed by atoms with Crippen molar-refractivity contribution < 1.29 is 9.90 Å². The third-order valence-corrected chi connectivity index (χ3v) is 1.39. The summed E-state index contributed by atoms with van der Waals surface area (Å²) >= 11 is 0. The zero-order valence-electron chi connectivity index (χ0n) is 7.32. The van der Waals surface area contributed by atoms with Crippen molar-refractivity contribution in [2.24, 2.45) is 5.73 Å². The maximum atomic E-state index is 10.3. The van der Waals surface area contributed by atoms with Crippen LogP contribution in [0.5, 0.6) is 5.75 Å². The molecule has 0 aliphatic heterocycles. The lowest BCUT2D eigenvalue weighted by atomic mass is 10.2. The molecule has 72 valence electrons. The van der Waals surface area contributed by atoms with Crippen molar-refractivity contribution >= 4 is 11.7 Å². The van der Waals surface area contributed by atoms with Crippen molar-refractivity contribution in [3.05, 3.63) is 17.8 Å². The Hall–Kier alpha value is -2.22. The average Bonchev–Trinajstić information content (AvgIpc) is 2.10. The third kappa shape index (κ3) is 2.68. The van der Waals surface area contributed by atoms with Gasteiger partial charge in [0.1, 0.15) is 0 Å². The summed E-state index contributed by atoms with van der Waals surface area (Å²) in [7, 11) is 0. The van der Waals surface area contributed by atoms with Gasteiger partial charge in [-0.2, -0.15) is 0 Å². The van der Waals surface area contributed by atoms with E-state index in [0.29, 0.717) is 5.56 Å². The first-order valence-corrected chi connectivity index (χ1v) is 3.81. The second-order valence-electron chi connectivity index (χ2n) is 2.57. The van der Waals surface area contributed by atoms with Crippen LogP contribution in [-0.2, 0) is 4.79 Å². The Kier molecular flexibility index (Phi) is 2.92. The number of pyridine rings is 1. The third-order valence-electron chi connectivity index (χ3n) is 1.39. The zero-order chi connectivity index (χ0) is 10.6. The molecule has 5 heteroatoms. The maximum Gasteiger partial charge on any atom is 0.229 e. The van der Waals surface area contributed by atoms with E-state index >= 15 is 0 Å². The fourth-order valence-corrected chi connectivity index (χ4v) is 0.765. The molecule has 1 aromatic rings. The van der Waals surface area contributed by atoms with Gasteiger partial charge in [0.05, 0.1) is 6.42 Å². The summed E-state index contributed by atoms with van der Waals surface area (Å²) < 4.78 is 0. The molecule has 0 saturated carbocycles. The van der Waals surface area contributed by atoms with Gasteiger partial charge in [-0.15, -0.1) is 0 Å². The summed E-state index contributed by atoms with van der Waals surface area (Å²) in [5.74, 6) is 4.57. The van der Waals surface area contributed by atoms with Crippen LogP contribution in [0.15, 0.2) is 12.3 Å². The van der Waals surface area contributed by atoms with Gasteiger partial charge < -0.3 is 16.6 Å². The number of anilines is 1. The Bertz CT molecular complexity index is 418. The predicted molar refractivity (Wildman–Crippen MR) is 51.0 cm³/mol. The summed E-state index contributed by atoms with van der Waals surface area (Å²) in [6, 6.07) is 1.37. The van der Waals surface area contributed by atoms with E-state index in [1.165, 1.54) is 12.3 Å². The molecule has 0 unspecified atom stereocenters. The Morgan fingerprint density at radius 2 is 2.36 bits per heavy atom. The van der Waals surface area contributed by atoms with Crippen molar-refractivity contribution in [1.29, 1.82) is 0 Å². The lowest BCUT2D eigenvalue weighted by Gasteiger charge is -1.96. The summed E-state index contributed by atoms with van der Waals surface area (Å²) in [5, 5.41) is 9.16. The van der Waals surface area contributed by atoms with Crippen LogP contribution >= 0.6 is 0 Å². The predicted octanol–water partition coefficient (Wildman–Crippen LogP) is -0.404. The van der Waals surface area contributed by atoms with Crippen LogP contribution in [-0.4, -0.2) is 16.0 Å². The summed E-state index contributed by atoms with van der Waals surface area (Å²) in [6.45, 7) is 0. The molecule has 1 amide bonds. The number of rotatable bonds is 1. The summed E-state index contributed by atoms with van der Waals surface area (Å²) in [5.41, 5.74) is 10.7. The average molecular weight is 191 g/mol. The van der Waals surface area contributed by atoms with E-state index in [2.05, 4.69) is 16.8 Å². The van der Waals surface area contributed by atoms with Crippen LogP contribution in [0.25, 0.3) is 0 Å². The van der Waals surface area contributed by atoms with Gasteiger partial charge in [0.2, 0.25) is 5.91 Å². The Morgan fingerprint density at radius 1 is 1.64 bits per heavy atom. The van der Waals surface area contributed by atoms with E-state index in [9.17, 15) is 4.79 Å². The Balaban J connectivity index is 2.81. The minimum atomic E-state index is -0.495. The maximum absolute atomic E-state index is 10.3. The van der Waals surface area contributed by atoms with Crippen LogP contribution in [0.4, 0.5) is 5.82 Å². The number of primary amides is 1. The highest BCUT2D eigenvalue weighted by molar-refractivity contribution is 5.76. The largest absolute Gasteiger partial charge is 0.504 e. The fraction of sp³-hybridized carbons (Fsp3) is 0.111. The number of nitrogen functional groups attached to an aromatic ring is 1. The van der Waals surface area contributed by atoms with E-state index in [0.717, 1.165) is 0 Å². The molecule has 0 radical (unpaired) electrons. The lowest BCUT2D eigenvalue weighted by molar-refractivity contribution is -0.117. The van der Waals surface area contributed by atoms with Crippen LogP contribution in [0.2, 0.25) is 0 Å². The Labute approximate surface area is 80.7 Å². The standard InChI is InChI=1S/C9H9N3O2/c10-8(14)3-1-2-6-4-7(13)9(11)12-5-6/h4-5,13H,3H2,(H2,10,14)(H2,11,12). The Morgan fingerprint density at radius 3 is 2.93 bits per heavy atom. The molecule has 5 N–H and O–H groups in total. The van der Waals surface area contributed by atoms with E-state index in [1.54, 1.807) is 0 Å². The van der Waals surface area contributed by atoms with E-state index in [-0.39, 0.29) is 18.0 Å². The highest BCUT2D eigenvalue weighted by Crippen LogP contribution is 2.16. The van der Waals surface area contributed by atoms with E-state index in [4.69, 9.17) is 16.6 Å². The van der Waals surface area contributed by atoms with E-state index < -0.39 is 5.91 Å². The van der Waals surface area contributed by atoms with Crippen molar-refractivity contribution in [3.63, 3.8) is 0 Å². The van der Waals surface area contributed by atoms with Gasteiger partial charge in [-0.3, -0.25) is 4.79 Å².